The monoisotopic (exact) mass is 453 g/mol. The van der Waals surface area contributed by atoms with Crippen LogP contribution in [0.25, 0.3) is 0 Å². The normalized spacial score (nSPS) is 26.3. The number of nitrogens with zero attached hydrogens (tertiary/aromatic N) is 1. The zero-order chi connectivity index (χ0) is 23.0. The lowest BCUT2D eigenvalue weighted by Crippen LogP contribution is -2.48. The second-order valence-corrected chi connectivity index (χ2v) is 9.77. The number of benzene rings is 2. The van der Waals surface area contributed by atoms with Crippen LogP contribution in [0.4, 0.5) is 5.69 Å². The summed E-state index contributed by atoms with van der Waals surface area (Å²) >= 11 is 6.27. The molecule has 0 bridgehead atoms. The Bertz CT molecular complexity index is 1040. The standard InChI is InChI=1S/C26H32ClN3O2/c1-5-6-7-11-21-26(19-13-12-18(27)15-20(19)28-25(26)32)22(17-10-8-9-16(2)14-17)23(29-21)24(31)30(3)4/h8-10,12-15,21-23,29H,5-7,11H2,1-4H3,(H,28,32)/t21-,22+,23-,26+/m1/s1. The molecular formula is C26H32ClN3O2. The summed E-state index contributed by atoms with van der Waals surface area (Å²) in [4.78, 5) is 28.9. The third-order valence-corrected chi connectivity index (χ3v) is 7.25. The van der Waals surface area contributed by atoms with Crippen molar-refractivity contribution >= 4 is 29.1 Å². The first-order valence-electron chi connectivity index (χ1n) is 11.5. The molecule has 0 radical (unpaired) electrons. The van der Waals surface area contributed by atoms with E-state index in [2.05, 4.69) is 23.6 Å². The van der Waals surface area contributed by atoms with Gasteiger partial charge in [0.2, 0.25) is 11.8 Å². The molecule has 170 valence electrons. The topological polar surface area (TPSA) is 61.4 Å². The van der Waals surface area contributed by atoms with Crippen LogP contribution in [0.3, 0.4) is 0 Å². The van der Waals surface area contributed by atoms with E-state index < -0.39 is 11.5 Å². The van der Waals surface area contributed by atoms with Gasteiger partial charge in [-0.2, -0.15) is 0 Å². The lowest BCUT2D eigenvalue weighted by Gasteiger charge is -2.35. The summed E-state index contributed by atoms with van der Waals surface area (Å²) in [6.45, 7) is 4.22. The maximum absolute atomic E-state index is 13.9. The van der Waals surface area contributed by atoms with Crippen molar-refractivity contribution in [2.24, 2.45) is 0 Å². The van der Waals surface area contributed by atoms with Crippen LogP contribution in [-0.4, -0.2) is 42.9 Å². The van der Waals surface area contributed by atoms with E-state index in [9.17, 15) is 9.59 Å². The zero-order valence-electron chi connectivity index (χ0n) is 19.2. The fourth-order valence-electron chi connectivity index (χ4n) is 5.63. The predicted molar refractivity (Wildman–Crippen MR) is 129 cm³/mol. The number of unbranched alkanes of at least 4 members (excludes halogenated alkanes) is 2. The number of hydrogen-bond acceptors (Lipinski definition) is 3. The number of fused-ring (bicyclic) bond motifs is 2. The molecule has 0 unspecified atom stereocenters. The summed E-state index contributed by atoms with van der Waals surface area (Å²) in [7, 11) is 3.55. The van der Waals surface area contributed by atoms with Crippen LogP contribution in [-0.2, 0) is 15.0 Å². The van der Waals surface area contributed by atoms with E-state index in [0.717, 1.165) is 48.1 Å². The molecule has 2 amide bonds. The Morgan fingerprint density at radius 1 is 1.16 bits per heavy atom. The Morgan fingerprint density at radius 3 is 2.62 bits per heavy atom. The molecule has 2 N–H and O–H groups in total. The van der Waals surface area contributed by atoms with E-state index >= 15 is 0 Å². The van der Waals surface area contributed by atoms with Gasteiger partial charge in [-0.25, -0.2) is 0 Å². The Hall–Kier alpha value is -2.37. The van der Waals surface area contributed by atoms with E-state index in [1.807, 2.05) is 43.3 Å². The second-order valence-electron chi connectivity index (χ2n) is 9.33. The predicted octanol–water partition coefficient (Wildman–Crippen LogP) is 4.63. The number of nitrogens with one attached hydrogen (secondary N) is 2. The first-order valence-corrected chi connectivity index (χ1v) is 11.8. The van der Waals surface area contributed by atoms with Gasteiger partial charge in [-0.1, -0.05) is 73.7 Å². The number of carbonyl (C=O) groups is 2. The molecule has 6 heteroatoms. The minimum atomic E-state index is -0.877. The Kier molecular flexibility index (Phi) is 6.33. The molecule has 1 fully saturated rings. The molecule has 2 aliphatic rings. The van der Waals surface area contributed by atoms with Crippen LogP contribution in [0.2, 0.25) is 5.02 Å². The molecule has 2 aromatic rings. The van der Waals surface area contributed by atoms with Crippen LogP contribution >= 0.6 is 11.6 Å². The second kappa shape index (κ2) is 8.87. The van der Waals surface area contributed by atoms with Crippen molar-refractivity contribution in [1.29, 1.82) is 0 Å². The number of amides is 2. The van der Waals surface area contributed by atoms with Crippen molar-refractivity contribution in [3.63, 3.8) is 0 Å². The van der Waals surface area contributed by atoms with E-state index in [0.29, 0.717) is 5.02 Å². The van der Waals surface area contributed by atoms with Gasteiger partial charge in [0.25, 0.3) is 0 Å². The van der Waals surface area contributed by atoms with Crippen LogP contribution < -0.4 is 10.6 Å². The Morgan fingerprint density at radius 2 is 1.94 bits per heavy atom. The zero-order valence-corrected chi connectivity index (χ0v) is 20.0. The summed E-state index contributed by atoms with van der Waals surface area (Å²) in [5.41, 5.74) is 2.92. The highest BCUT2D eigenvalue weighted by atomic mass is 35.5. The molecule has 0 aromatic heterocycles. The summed E-state index contributed by atoms with van der Waals surface area (Å²) in [5, 5.41) is 7.32. The molecule has 2 aliphatic heterocycles. The molecule has 4 atom stereocenters. The Labute approximate surface area is 195 Å². The molecule has 32 heavy (non-hydrogen) atoms. The lowest BCUT2D eigenvalue weighted by molar-refractivity contribution is -0.131. The van der Waals surface area contributed by atoms with Gasteiger partial charge in [0.1, 0.15) is 5.41 Å². The fraction of sp³-hybridized carbons (Fsp3) is 0.462. The van der Waals surface area contributed by atoms with Crippen molar-refractivity contribution < 1.29 is 9.59 Å². The quantitative estimate of drug-likeness (QED) is 0.627. The maximum atomic E-state index is 13.9. The molecule has 2 heterocycles. The van der Waals surface area contributed by atoms with E-state index in [1.165, 1.54) is 0 Å². The van der Waals surface area contributed by atoms with E-state index in [-0.39, 0.29) is 23.8 Å². The van der Waals surface area contributed by atoms with E-state index in [1.54, 1.807) is 19.0 Å². The van der Waals surface area contributed by atoms with Crippen molar-refractivity contribution in [3.05, 3.63) is 64.2 Å². The highest BCUT2D eigenvalue weighted by molar-refractivity contribution is 6.31. The van der Waals surface area contributed by atoms with Gasteiger partial charge in [-0.05, 0) is 36.6 Å². The minimum absolute atomic E-state index is 0.0101. The van der Waals surface area contributed by atoms with Gasteiger partial charge in [-0.15, -0.1) is 0 Å². The minimum Gasteiger partial charge on any atom is -0.347 e. The first kappa shape index (κ1) is 22.8. The molecule has 4 rings (SSSR count). The van der Waals surface area contributed by atoms with Gasteiger partial charge in [0.05, 0.1) is 6.04 Å². The molecule has 0 saturated carbocycles. The third-order valence-electron chi connectivity index (χ3n) is 7.01. The molecule has 1 saturated heterocycles. The van der Waals surface area contributed by atoms with Crippen molar-refractivity contribution in [2.75, 3.05) is 19.4 Å². The Balaban J connectivity index is 1.94. The van der Waals surface area contributed by atoms with Crippen LogP contribution in [0.15, 0.2) is 42.5 Å². The van der Waals surface area contributed by atoms with Gasteiger partial charge in [-0.3, -0.25) is 9.59 Å². The summed E-state index contributed by atoms with van der Waals surface area (Å²) in [6.07, 6.45) is 4.00. The number of likely N-dealkylation sites (N-methyl/N-ethyl adjacent to an activating group) is 1. The number of hydrogen-bond donors (Lipinski definition) is 2. The molecule has 2 aromatic carbocycles. The van der Waals surface area contributed by atoms with Gasteiger partial charge < -0.3 is 15.5 Å². The smallest absolute Gasteiger partial charge is 0.239 e. The average Bonchev–Trinajstić information content (AvgIpc) is 3.23. The largest absolute Gasteiger partial charge is 0.347 e. The molecule has 5 nitrogen and oxygen atoms in total. The SMILES string of the molecule is CCCCC[C@H]1N[C@@H](C(=O)N(C)C)[C@H](c2cccc(C)c2)[C@@]12C(=O)Nc1cc(Cl)ccc12. The molecule has 1 spiro atoms. The molecule has 0 aliphatic carbocycles. The van der Waals surface area contributed by atoms with Gasteiger partial charge in [0.15, 0.2) is 0 Å². The maximum Gasteiger partial charge on any atom is 0.239 e. The molecular weight excluding hydrogens is 422 g/mol. The van der Waals surface area contributed by atoms with E-state index in [4.69, 9.17) is 11.6 Å². The van der Waals surface area contributed by atoms with Crippen LogP contribution in [0.1, 0.15) is 55.2 Å². The van der Waals surface area contributed by atoms with Crippen molar-refractivity contribution in [3.8, 4) is 0 Å². The van der Waals surface area contributed by atoms with Gasteiger partial charge >= 0.3 is 0 Å². The highest BCUT2D eigenvalue weighted by Gasteiger charge is 2.65. The fourth-order valence-corrected chi connectivity index (χ4v) is 5.80. The van der Waals surface area contributed by atoms with Crippen molar-refractivity contribution in [2.45, 2.75) is 62.9 Å². The number of carbonyl (C=O) groups excluding carboxylic acids is 2. The summed E-state index contributed by atoms with van der Waals surface area (Å²) in [6, 6.07) is 13.2. The first-order chi connectivity index (χ1) is 15.3. The number of anilines is 1. The number of rotatable bonds is 6. The summed E-state index contributed by atoms with van der Waals surface area (Å²) in [5.74, 6) is -0.389. The van der Waals surface area contributed by atoms with Crippen LogP contribution in [0, 0.1) is 6.92 Å². The van der Waals surface area contributed by atoms with Crippen molar-refractivity contribution in [1.82, 2.24) is 10.2 Å². The van der Waals surface area contributed by atoms with Gasteiger partial charge in [0, 0.05) is 36.8 Å². The number of halogens is 1. The number of aryl methyl sites for hydroxylation is 1. The highest BCUT2D eigenvalue weighted by Crippen LogP contribution is 2.56. The summed E-state index contributed by atoms with van der Waals surface area (Å²) < 4.78 is 0. The lowest BCUT2D eigenvalue weighted by atomic mass is 9.64. The average molecular weight is 454 g/mol. The van der Waals surface area contributed by atoms with Crippen LogP contribution in [0.5, 0.6) is 0 Å². The third kappa shape index (κ3) is 3.61.